The molecule has 0 aliphatic heterocycles. The van der Waals surface area contributed by atoms with Gasteiger partial charge in [-0.3, -0.25) is 4.79 Å². The third-order valence-corrected chi connectivity index (χ3v) is 4.43. The molecule has 0 bridgehead atoms. The lowest BCUT2D eigenvalue weighted by Crippen LogP contribution is -2.24. The van der Waals surface area contributed by atoms with Gasteiger partial charge in [-0.1, -0.05) is 19.1 Å². The lowest BCUT2D eigenvalue weighted by molar-refractivity contribution is 0.0953. The molecule has 0 unspecified atom stereocenters. The summed E-state index contributed by atoms with van der Waals surface area (Å²) in [5.74, 6) is -0.362. The van der Waals surface area contributed by atoms with Crippen molar-refractivity contribution in [3.63, 3.8) is 0 Å². The minimum absolute atomic E-state index is 0.0842. The first kappa shape index (κ1) is 17.9. The number of nitrogens with zero attached hydrogens (tertiary/aromatic N) is 1. The molecule has 1 aromatic heterocycles. The van der Waals surface area contributed by atoms with Crippen LogP contribution in [0.15, 0.2) is 54.6 Å². The number of aromatic nitrogens is 1. The minimum Gasteiger partial charge on any atom is -0.352 e. The summed E-state index contributed by atoms with van der Waals surface area (Å²) in [5, 5.41) is 2.94. The van der Waals surface area contributed by atoms with Crippen molar-refractivity contribution >= 4 is 5.91 Å². The van der Waals surface area contributed by atoms with Gasteiger partial charge < -0.3 is 9.88 Å². The number of benzene rings is 2. The van der Waals surface area contributed by atoms with Crippen LogP contribution in [0.5, 0.6) is 0 Å². The molecule has 0 aliphatic carbocycles. The highest BCUT2D eigenvalue weighted by Gasteiger charge is 2.19. The molecular weight excluding hydrogens is 327 g/mol. The quantitative estimate of drug-likeness (QED) is 0.687. The van der Waals surface area contributed by atoms with Gasteiger partial charge in [-0.2, -0.15) is 0 Å². The zero-order chi connectivity index (χ0) is 18.7. The van der Waals surface area contributed by atoms with Crippen molar-refractivity contribution in [2.45, 2.75) is 27.2 Å². The van der Waals surface area contributed by atoms with Crippen LogP contribution in [0, 0.1) is 19.7 Å². The zero-order valence-electron chi connectivity index (χ0n) is 15.3. The minimum atomic E-state index is -0.278. The maximum atomic E-state index is 13.4. The smallest absolute Gasteiger partial charge is 0.253 e. The SMILES string of the molecule is CCCNC(=O)c1cc(-c2ccc(F)cc2)n(-c2cccc(C)c2)c1C. The third kappa shape index (κ3) is 3.54. The molecule has 3 rings (SSSR count). The van der Waals surface area contributed by atoms with E-state index < -0.39 is 0 Å². The molecule has 3 nitrogen and oxygen atoms in total. The number of rotatable bonds is 5. The number of aryl methyl sites for hydroxylation is 1. The van der Waals surface area contributed by atoms with Crippen LogP contribution in [0.25, 0.3) is 16.9 Å². The molecule has 1 amide bonds. The number of carbonyl (C=O) groups is 1. The molecule has 3 aromatic rings. The monoisotopic (exact) mass is 350 g/mol. The van der Waals surface area contributed by atoms with Crippen LogP contribution in [0.4, 0.5) is 4.39 Å². The average Bonchev–Trinajstić information content (AvgIpc) is 2.97. The number of hydrogen-bond acceptors (Lipinski definition) is 1. The number of amides is 1. The van der Waals surface area contributed by atoms with Crippen molar-refractivity contribution in [1.29, 1.82) is 0 Å². The number of carbonyl (C=O) groups excluding carboxylic acids is 1. The van der Waals surface area contributed by atoms with Gasteiger partial charge >= 0.3 is 0 Å². The lowest BCUT2D eigenvalue weighted by Gasteiger charge is -2.13. The molecule has 1 N–H and O–H groups in total. The van der Waals surface area contributed by atoms with Gasteiger partial charge in [0.05, 0.1) is 11.3 Å². The molecule has 0 atom stereocenters. The van der Waals surface area contributed by atoms with Gasteiger partial charge in [0.1, 0.15) is 5.82 Å². The normalized spacial score (nSPS) is 10.8. The molecule has 4 heteroatoms. The highest BCUT2D eigenvalue weighted by Crippen LogP contribution is 2.30. The van der Waals surface area contributed by atoms with Gasteiger partial charge in [0.25, 0.3) is 5.91 Å². The maximum Gasteiger partial charge on any atom is 0.253 e. The summed E-state index contributed by atoms with van der Waals surface area (Å²) in [6.07, 6.45) is 0.883. The highest BCUT2D eigenvalue weighted by atomic mass is 19.1. The predicted octanol–water partition coefficient (Wildman–Crippen LogP) is 5.04. The first-order valence-corrected chi connectivity index (χ1v) is 8.84. The molecule has 26 heavy (non-hydrogen) atoms. The van der Waals surface area contributed by atoms with Gasteiger partial charge in [-0.25, -0.2) is 4.39 Å². The Balaban J connectivity index is 2.17. The first-order chi connectivity index (χ1) is 12.5. The van der Waals surface area contributed by atoms with Crippen LogP contribution < -0.4 is 5.32 Å². The van der Waals surface area contributed by atoms with Gasteiger partial charge in [0.2, 0.25) is 0 Å². The van der Waals surface area contributed by atoms with Gasteiger partial charge in [0, 0.05) is 17.9 Å². The Morgan fingerprint density at radius 2 is 1.81 bits per heavy atom. The molecule has 0 aliphatic rings. The van der Waals surface area contributed by atoms with Gasteiger partial charge in [-0.15, -0.1) is 0 Å². The Bertz CT molecular complexity index is 926. The third-order valence-electron chi connectivity index (χ3n) is 4.43. The summed E-state index contributed by atoms with van der Waals surface area (Å²) < 4.78 is 15.4. The van der Waals surface area contributed by atoms with Gasteiger partial charge in [-0.05, 0) is 73.9 Å². The molecular formula is C22H23FN2O. The summed E-state index contributed by atoms with van der Waals surface area (Å²) in [7, 11) is 0. The van der Waals surface area contributed by atoms with Crippen molar-refractivity contribution in [1.82, 2.24) is 9.88 Å². The largest absolute Gasteiger partial charge is 0.352 e. The molecule has 1 heterocycles. The van der Waals surface area contributed by atoms with Crippen LogP contribution in [0.3, 0.4) is 0 Å². The topological polar surface area (TPSA) is 34.0 Å². The second kappa shape index (κ2) is 7.56. The van der Waals surface area contributed by atoms with Crippen LogP contribution >= 0.6 is 0 Å². The average molecular weight is 350 g/mol. The number of nitrogens with one attached hydrogen (secondary N) is 1. The second-order valence-corrected chi connectivity index (χ2v) is 6.47. The Morgan fingerprint density at radius 3 is 2.46 bits per heavy atom. The first-order valence-electron chi connectivity index (χ1n) is 8.84. The summed E-state index contributed by atoms with van der Waals surface area (Å²) in [6.45, 7) is 6.64. The fourth-order valence-electron chi connectivity index (χ4n) is 3.10. The van der Waals surface area contributed by atoms with E-state index in [4.69, 9.17) is 0 Å². The van der Waals surface area contributed by atoms with E-state index in [9.17, 15) is 9.18 Å². The van der Waals surface area contributed by atoms with E-state index in [0.717, 1.165) is 34.6 Å². The molecule has 0 radical (unpaired) electrons. The van der Waals surface area contributed by atoms with E-state index in [0.29, 0.717) is 12.1 Å². The molecule has 134 valence electrons. The summed E-state index contributed by atoms with van der Waals surface area (Å²) in [6, 6.07) is 16.4. The summed E-state index contributed by atoms with van der Waals surface area (Å²) in [4.78, 5) is 12.6. The van der Waals surface area contributed by atoms with E-state index in [2.05, 4.69) is 16.0 Å². The van der Waals surface area contributed by atoms with Crippen LogP contribution in [-0.4, -0.2) is 17.0 Å². The van der Waals surface area contributed by atoms with E-state index in [-0.39, 0.29) is 11.7 Å². The maximum absolute atomic E-state index is 13.4. The summed E-state index contributed by atoms with van der Waals surface area (Å²) in [5.41, 5.74) is 5.36. The van der Waals surface area contributed by atoms with Crippen molar-refractivity contribution in [3.05, 3.63) is 77.2 Å². The van der Waals surface area contributed by atoms with E-state index in [1.54, 1.807) is 12.1 Å². The summed E-state index contributed by atoms with van der Waals surface area (Å²) >= 11 is 0. The van der Waals surface area contributed by atoms with Gasteiger partial charge in [0.15, 0.2) is 0 Å². The van der Waals surface area contributed by atoms with Crippen LogP contribution in [0.2, 0.25) is 0 Å². The van der Waals surface area contributed by atoms with E-state index in [1.807, 2.05) is 45.0 Å². The Labute approximate surface area is 153 Å². The molecule has 2 aromatic carbocycles. The Hall–Kier alpha value is -2.88. The lowest BCUT2D eigenvalue weighted by atomic mass is 10.1. The van der Waals surface area contributed by atoms with E-state index in [1.165, 1.54) is 12.1 Å². The van der Waals surface area contributed by atoms with Crippen molar-refractivity contribution in [2.24, 2.45) is 0 Å². The Morgan fingerprint density at radius 1 is 1.08 bits per heavy atom. The zero-order valence-corrected chi connectivity index (χ0v) is 15.3. The highest BCUT2D eigenvalue weighted by molar-refractivity contribution is 5.97. The number of hydrogen-bond donors (Lipinski definition) is 1. The molecule has 0 fully saturated rings. The van der Waals surface area contributed by atoms with E-state index >= 15 is 0 Å². The fourth-order valence-corrected chi connectivity index (χ4v) is 3.10. The molecule has 0 spiro atoms. The molecule has 0 saturated heterocycles. The van der Waals surface area contributed by atoms with Crippen molar-refractivity contribution in [3.8, 4) is 16.9 Å². The van der Waals surface area contributed by atoms with Crippen molar-refractivity contribution in [2.75, 3.05) is 6.54 Å². The van der Waals surface area contributed by atoms with Crippen molar-refractivity contribution < 1.29 is 9.18 Å². The Kier molecular flexibility index (Phi) is 5.21. The van der Waals surface area contributed by atoms with Crippen LogP contribution in [0.1, 0.15) is 35.0 Å². The standard InChI is InChI=1S/C22H23FN2O/c1-4-12-24-22(26)20-14-21(17-8-10-18(23)11-9-17)25(16(20)3)19-7-5-6-15(2)13-19/h5-11,13-14H,4,12H2,1-3H3,(H,24,26). The number of halogens is 1. The second-order valence-electron chi connectivity index (χ2n) is 6.47. The predicted molar refractivity (Wildman–Crippen MR) is 103 cm³/mol. The fraction of sp³-hybridized carbons (Fsp3) is 0.227. The molecule has 0 saturated carbocycles. The van der Waals surface area contributed by atoms with Crippen LogP contribution in [-0.2, 0) is 0 Å².